The van der Waals surface area contributed by atoms with Gasteiger partial charge in [-0.2, -0.15) is 0 Å². The molecule has 6 nitrogen and oxygen atoms in total. The van der Waals surface area contributed by atoms with Crippen LogP contribution in [0.5, 0.6) is 0 Å². The van der Waals surface area contributed by atoms with Crippen molar-refractivity contribution >= 4 is 33.0 Å². The second-order valence-electron chi connectivity index (χ2n) is 4.16. The molecule has 1 aromatic rings. The molecule has 106 valence electrons. The van der Waals surface area contributed by atoms with Crippen molar-refractivity contribution < 1.29 is 8.42 Å². The third-order valence-electron chi connectivity index (χ3n) is 2.42. The van der Waals surface area contributed by atoms with Crippen LogP contribution in [0, 0.1) is 6.92 Å². The Morgan fingerprint density at radius 3 is 2.74 bits per heavy atom. The highest BCUT2D eigenvalue weighted by molar-refractivity contribution is 7.88. The van der Waals surface area contributed by atoms with Gasteiger partial charge < -0.3 is 11.1 Å². The molecular weight excluding hydrogens is 284 g/mol. The third-order valence-corrected chi connectivity index (χ3v) is 3.35. The van der Waals surface area contributed by atoms with Crippen LogP contribution in [0.25, 0.3) is 0 Å². The number of hydrogen-bond donors (Lipinski definition) is 3. The summed E-state index contributed by atoms with van der Waals surface area (Å²) in [5.41, 5.74) is 7.35. The number of hydrogen-bond acceptors (Lipinski definition) is 5. The Balaban J connectivity index is 2.55. The van der Waals surface area contributed by atoms with E-state index in [-0.39, 0.29) is 0 Å². The summed E-state index contributed by atoms with van der Waals surface area (Å²) in [6.07, 6.45) is 3.45. The summed E-state index contributed by atoms with van der Waals surface area (Å²) >= 11 is 4.99. The standard InChI is InChI=1S/C11H18N4O2S2/c1-8-4-7-14-11(9(8)10(12)18)13-5-3-6-15-19(2,16)17/h4,7,15H,3,5-6H2,1-2H3,(H2,12,18)(H,13,14). The lowest BCUT2D eigenvalue weighted by molar-refractivity contribution is 0.586. The molecule has 0 saturated heterocycles. The zero-order chi connectivity index (χ0) is 14.5. The second kappa shape index (κ2) is 6.78. The Labute approximate surface area is 118 Å². The van der Waals surface area contributed by atoms with Crippen molar-refractivity contribution in [3.8, 4) is 0 Å². The van der Waals surface area contributed by atoms with Gasteiger partial charge in [-0.25, -0.2) is 18.1 Å². The maximum absolute atomic E-state index is 10.9. The molecule has 1 heterocycles. The van der Waals surface area contributed by atoms with Gasteiger partial charge in [0, 0.05) is 19.3 Å². The van der Waals surface area contributed by atoms with Gasteiger partial charge in [-0.3, -0.25) is 0 Å². The summed E-state index contributed by atoms with van der Waals surface area (Å²) in [5, 5.41) is 3.11. The van der Waals surface area contributed by atoms with Crippen molar-refractivity contribution in [3.63, 3.8) is 0 Å². The Morgan fingerprint density at radius 1 is 1.47 bits per heavy atom. The third kappa shape index (κ3) is 5.50. The van der Waals surface area contributed by atoms with Gasteiger partial charge in [0.1, 0.15) is 10.8 Å². The van der Waals surface area contributed by atoms with Gasteiger partial charge in [0.15, 0.2) is 0 Å². The molecule has 0 atom stereocenters. The Bertz CT molecular complexity index is 558. The summed E-state index contributed by atoms with van der Waals surface area (Å²) in [5.74, 6) is 0.631. The predicted octanol–water partition coefficient (Wildman–Crippen LogP) is 0.375. The summed E-state index contributed by atoms with van der Waals surface area (Å²) in [6.45, 7) is 2.86. The maximum atomic E-state index is 10.9. The van der Waals surface area contributed by atoms with Crippen LogP contribution in [0.2, 0.25) is 0 Å². The number of thiocarbonyl (C=S) groups is 1. The topological polar surface area (TPSA) is 97.1 Å². The van der Waals surface area contributed by atoms with Gasteiger partial charge in [0.2, 0.25) is 10.0 Å². The van der Waals surface area contributed by atoms with Crippen molar-refractivity contribution in [3.05, 3.63) is 23.4 Å². The van der Waals surface area contributed by atoms with Crippen LogP contribution >= 0.6 is 12.2 Å². The first kappa shape index (κ1) is 15.8. The van der Waals surface area contributed by atoms with E-state index in [4.69, 9.17) is 18.0 Å². The molecule has 0 aromatic carbocycles. The highest BCUT2D eigenvalue weighted by atomic mass is 32.2. The van der Waals surface area contributed by atoms with Crippen LogP contribution in [0.3, 0.4) is 0 Å². The molecule has 0 amide bonds. The fourth-order valence-corrected chi connectivity index (χ4v) is 2.33. The zero-order valence-electron chi connectivity index (χ0n) is 10.9. The monoisotopic (exact) mass is 302 g/mol. The van der Waals surface area contributed by atoms with Crippen molar-refractivity contribution in [1.82, 2.24) is 9.71 Å². The maximum Gasteiger partial charge on any atom is 0.208 e. The molecule has 0 aliphatic heterocycles. The smallest absolute Gasteiger partial charge is 0.208 e. The number of nitrogens with two attached hydrogens (primary N) is 1. The molecule has 1 rings (SSSR count). The normalized spacial score (nSPS) is 11.3. The van der Waals surface area contributed by atoms with E-state index in [1.54, 1.807) is 6.20 Å². The first-order valence-corrected chi connectivity index (χ1v) is 8.05. The molecule has 0 spiro atoms. The van der Waals surface area contributed by atoms with Gasteiger partial charge in [-0.1, -0.05) is 12.2 Å². The number of pyridine rings is 1. The first-order chi connectivity index (χ1) is 8.81. The van der Waals surface area contributed by atoms with Crippen LogP contribution < -0.4 is 15.8 Å². The molecular formula is C11H18N4O2S2. The van der Waals surface area contributed by atoms with E-state index < -0.39 is 10.0 Å². The Kier molecular flexibility index (Phi) is 5.64. The molecule has 0 aliphatic carbocycles. The zero-order valence-corrected chi connectivity index (χ0v) is 12.6. The number of rotatable bonds is 7. The fourth-order valence-electron chi connectivity index (χ4n) is 1.56. The number of anilines is 1. The molecule has 19 heavy (non-hydrogen) atoms. The summed E-state index contributed by atoms with van der Waals surface area (Å²) < 4.78 is 24.2. The molecule has 4 N–H and O–H groups in total. The second-order valence-corrected chi connectivity index (χ2v) is 6.44. The first-order valence-electron chi connectivity index (χ1n) is 5.75. The molecule has 0 aliphatic rings. The van der Waals surface area contributed by atoms with Crippen molar-refractivity contribution in [2.75, 3.05) is 24.7 Å². The highest BCUT2D eigenvalue weighted by Gasteiger charge is 2.09. The van der Waals surface area contributed by atoms with E-state index in [2.05, 4.69) is 15.0 Å². The van der Waals surface area contributed by atoms with E-state index in [1.165, 1.54) is 0 Å². The summed E-state index contributed by atoms with van der Waals surface area (Å²) in [6, 6.07) is 1.84. The Hall–Kier alpha value is -1.25. The van der Waals surface area contributed by atoms with Crippen molar-refractivity contribution in [2.45, 2.75) is 13.3 Å². The minimum Gasteiger partial charge on any atom is -0.389 e. The average Bonchev–Trinajstić information content (AvgIpc) is 2.26. The van der Waals surface area contributed by atoms with E-state index in [9.17, 15) is 8.42 Å². The van der Waals surface area contributed by atoms with Crippen molar-refractivity contribution in [2.24, 2.45) is 5.73 Å². The van der Waals surface area contributed by atoms with Crippen LogP contribution in [-0.2, 0) is 10.0 Å². The van der Waals surface area contributed by atoms with Gasteiger partial charge in [0.25, 0.3) is 0 Å². The Morgan fingerprint density at radius 2 is 2.16 bits per heavy atom. The minimum absolute atomic E-state index is 0.294. The van der Waals surface area contributed by atoms with Crippen LogP contribution in [0.15, 0.2) is 12.3 Å². The SMILES string of the molecule is Cc1ccnc(NCCCNS(C)(=O)=O)c1C(N)=S. The lowest BCUT2D eigenvalue weighted by Crippen LogP contribution is -2.25. The predicted molar refractivity (Wildman–Crippen MR) is 80.8 cm³/mol. The van der Waals surface area contributed by atoms with E-state index in [1.807, 2.05) is 13.0 Å². The number of aryl methyl sites for hydroxylation is 1. The van der Waals surface area contributed by atoms with E-state index in [0.717, 1.165) is 17.4 Å². The van der Waals surface area contributed by atoms with Gasteiger partial charge >= 0.3 is 0 Å². The molecule has 0 fully saturated rings. The molecule has 0 saturated carbocycles. The lowest BCUT2D eigenvalue weighted by Gasteiger charge is -2.12. The fraction of sp³-hybridized carbons (Fsp3) is 0.455. The molecule has 0 radical (unpaired) electrons. The molecule has 0 bridgehead atoms. The number of aromatic nitrogens is 1. The molecule has 8 heteroatoms. The average molecular weight is 302 g/mol. The van der Waals surface area contributed by atoms with Crippen LogP contribution in [-0.4, -0.2) is 37.7 Å². The summed E-state index contributed by atoms with van der Waals surface area (Å²) in [7, 11) is -3.13. The quantitative estimate of drug-likeness (QED) is 0.497. The van der Waals surface area contributed by atoms with Gasteiger partial charge in [-0.15, -0.1) is 0 Å². The highest BCUT2D eigenvalue weighted by Crippen LogP contribution is 2.16. The van der Waals surface area contributed by atoms with Gasteiger partial charge in [0.05, 0.1) is 11.8 Å². The largest absolute Gasteiger partial charge is 0.389 e. The van der Waals surface area contributed by atoms with E-state index in [0.29, 0.717) is 30.3 Å². The van der Waals surface area contributed by atoms with Gasteiger partial charge in [-0.05, 0) is 25.0 Å². The minimum atomic E-state index is -3.13. The van der Waals surface area contributed by atoms with E-state index >= 15 is 0 Å². The number of nitrogens with zero attached hydrogens (tertiary/aromatic N) is 1. The molecule has 0 unspecified atom stereocenters. The van der Waals surface area contributed by atoms with Crippen LogP contribution in [0.4, 0.5) is 5.82 Å². The van der Waals surface area contributed by atoms with Crippen LogP contribution in [0.1, 0.15) is 17.5 Å². The lowest BCUT2D eigenvalue weighted by atomic mass is 10.1. The molecule has 1 aromatic heterocycles. The summed E-state index contributed by atoms with van der Waals surface area (Å²) in [4.78, 5) is 4.48. The number of sulfonamides is 1. The van der Waals surface area contributed by atoms with Crippen molar-refractivity contribution in [1.29, 1.82) is 0 Å². The number of nitrogens with one attached hydrogen (secondary N) is 2.